The molecule has 0 atom stereocenters. The largest absolute Gasteiger partial charge is 0.348 e. The molecule has 56 valence electrons. The summed E-state index contributed by atoms with van der Waals surface area (Å²) in [6.07, 6.45) is 0. The number of rotatable bonds is 0. The summed E-state index contributed by atoms with van der Waals surface area (Å²) in [5, 5.41) is 5.36. The van der Waals surface area contributed by atoms with Gasteiger partial charge in [-0.05, 0) is 34.1 Å². The third kappa shape index (κ3) is 1.14. The fourth-order valence-corrected chi connectivity index (χ4v) is 1.45. The zero-order valence-corrected chi connectivity index (χ0v) is 7.69. The van der Waals surface area contributed by atoms with Crippen molar-refractivity contribution in [1.82, 2.24) is 5.16 Å². The van der Waals surface area contributed by atoms with Crippen LogP contribution in [0.4, 0.5) is 0 Å². The molecule has 0 unspecified atom stereocenters. The van der Waals surface area contributed by atoms with Gasteiger partial charge in [0.1, 0.15) is 5.52 Å². The monoisotopic (exact) mass is 231 g/mol. The lowest BCUT2D eigenvalue weighted by Crippen LogP contribution is -1.66. The van der Waals surface area contributed by atoms with E-state index >= 15 is 0 Å². The molecule has 2 nitrogen and oxygen atoms in total. The van der Waals surface area contributed by atoms with Gasteiger partial charge in [-0.15, -0.1) is 0 Å². The summed E-state index contributed by atoms with van der Waals surface area (Å²) in [5.41, 5.74) is 0.807. The number of hydrogen-bond donors (Lipinski definition) is 0. The highest BCUT2D eigenvalue weighted by Crippen LogP contribution is 2.25. The highest BCUT2D eigenvalue weighted by atomic mass is 79.9. The Labute approximate surface area is 76.2 Å². The van der Waals surface area contributed by atoms with Crippen molar-refractivity contribution in [1.29, 1.82) is 0 Å². The number of halogens is 2. The predicted octanol–water partition coefficient (Wildman–Crippen LogP) is 3.24. The second-order valence-electron chi connectivity index (χ2n) is 2.12. The molecule has 2 aromatic rings. The lowest BCUT2D eigenvalue weighted by Gasteiger charge is -1.86. The summed E-state index contributed by atoms with van der Waals surface area (Å²) in [6.45, 7) is 0. The van der Waals surface area contributed by atoms with Crippen LogP contribution >= 0.6 is 27.5 Å². The minimum Gasteiger partial charge on any atom is -0.348 e. The summed E-state index contributed by atoms with van der Waals surface area (Å²) < 4.78 is 5.50. The van der Waals surface area contributed by atoms with E-state index in [9.17, 15) is 0 Å². The van der Waals surface area contributed by atoms with Crippen molar-refractivity contribution in [3.8, 4) is 0 Å². The van der Waals surface area contributed by atoms with E-state index in [1.54, 1.807) is 12.1 Å². The van der Waals surface area contributed by atoms with Gasteiger partial charge in [-0.1, -0.05) is 16.8 Å². The maximum Gasteiger partial charge on any atom is 0.209 e. The summed E-state index contributed by atoms with van der Waals surface area (Å²) in [4.78, 5) is 0. The van der Waals surface area contributed by atoms with Gasteiger partial charge in [0.2, 0.25) is 4.67 Å². The van der Waals surface area contributed by atoms with Crippen LogP contribution in [0.25, 0.3) is 10.9 Å². The molecule has 2 rings (SSSR count). The molecule has 1 heterocycles. The van der Waals surface area contributed by atoms with Crippen LogP contribution in [0.15, 0.2) is 27.4 Å². The maximum absolute atomic E-state index is 5.76. The fourth-order valence-electron chi connectivity index (χ4n) is 0.884. The van der Waals surface area contributed by atoms with Crippen LogP contribution in [0.1, 0.15) is 0 Å². The van der Waals surface area contributed by atoms with E-state index in [2.05, 4.69) is 21.1 Å². The summed E-state index contributed by atoms with van der Waals surface area (Å²) in [7, 11) is 0. The molecule has 0 aliphatic rings. The van der Waals surface area contributed by atoms with Crippen molar-refractivity contribution < 1.29 is 4.52 Å². The van der Waals surface area contributed by atoms with Gasteiger partial charge < -0.3 is 4.52 Å². The van der Waals surface area contributed by atoms with Gasteiger partial charge in [-0.2, -0.15) is 0 Å². The van der Waals surface area contributed by atoms with Crippen molar-refractivity contribution in [2.24, 2.45) is 0 Å². The molecule has 0 bridgehead atoms. The third-order valence-corrected chi connectivity index (χ3v) is 2.20. The number of benzene rings is 1. The van der Waals surface area contributed by atoms with Crippen LogP contribution in [0.5, 0.6) is 0 Å². The number of fused-ring (bicyclic) bond motifs is 1. The predicted molar refractivity (Wildman–Crippen MR) is 46.7 cm³/mol. The molecule has 0 N–H and O–H groups in total. The van der Waals surface area contributed by atoms with E-state index in [-0.39, 0.29) is 0 Å². The Hall–Kier alpha value is -0.540. The highest BCUT2D eigenvalue weighted by Gasteiger charge is 2.04. The smallest absolute Gasteiger partial charge is 0.209 e. The zero-order chi connectivity index (χ0) is 7.84. The van der Waals surface area contributed by atoms with E-state index in [0.717, 1.165) is 10.9 Å². The van der Waals surface area contributed by atoms with Gasteiger partial charge in [0.05, 0.1) is 5.39 Å². The van der Waals surface area contributed by atoms with E-state index in [4.69, 9.17) is 16.1 Å². The normalized spacial score (nSPS) is 10.7. The second kappa shape index (κ2) is 2.50. The minimum absolute atomic E-state index is 0.620. The van der Waals surface area contributed by atoms with E-state index < -0.39 is 0 Å². The average Bonchev–Trinajstić information content (AvgIpc) is 2.33. The van der Waals surface area contributed by atoms with Crippen molar-refractivity contribution in [2.45, 2.75) is 0 Å². The van der Waals surface area contributed by atoms with Gasteiger partial charge in [0.25, 0.3) is 0 Å². The quantitative estimate of drug-likeness (QED) is 0.697. The van der Waals surface area contributed by atoms with Crippen molar-refractivity contribution in [3.63, 3.8) is 0 Å². The van der Waals surface area contributed by atoms with Crippen molar-refractivity contribution in [2.75, 3.05) is 0 Å². The fraction of sp³-hybridized carbons (Fsp3) is 0. The molecule has 4 heteroatoms. The standard InChI is InChI=1S/C7H3BrClNO/c8-7-5-3-4(9)1-2-6(5)10-11-7/h1-3H. The molecular weight excluding hydrogens is 229 g/mol. The van der Waals surface area contributed by atoms with Crippen LogP contribution in [-0.2, 0) is 0 Å². The molecule has 0 aliphatic heterocycles. The minimum atomic E-state index is 0.620. The third-order valence-electron chi connectivity index (χ3n) is 1.39. The highest BCUT2D eigenvalue weighted by molar-refractivity contribution is 9.10. The SMILES string of the molecule is Clc1ccc2noc(Br)c2c1. The number of hydrogen-bond acceptors (Lipinski definition) is 2. The number of aromatic nitrogens is 1. The molecule has 0 fully saturated rings. The molecule has 11 heavy (non-hydrogen) atoms. The average molecular weight is 232 g/mol. The first kappa shape index (κ1) is 7.13. The number of nitrogens with zero attached hydrogens (tertiary/aromatic N) is 1. The Bertz CT molecular complexity index is 398. The molecule has 1 aromatic heterocycles. The Morgan fingerprint density at radius 3 is 3.09 bits per heavy atom. The first-order valence-corrected chi connectivity index (χ1v) is 4.15. The Morgan fingerprint density at radius 1 is 1.45 bits per heavy atom. The zero-order valence-electron chi connectivity index (χ0n) is 5.34. The summed E-state index contributed by atoms with van der Waals surface area (Å²) in [5.74, 6) is 0. The topological polar surface area (TPSA) is 26.0 Å². The van der Waals surface area contributed by atoms with E-state index in [0.29, 0.717) is 9.69 Å². The molecular formula is C7H3BrClNO. The Balaban J connectivity index is 2.87. The van der Waals surface area contributed by atoms with Gasteiger partial charge >= 0.3 is 0 Å². The molecule has 0 radical (unpaired) electrons. The molecule has 0 spiro atoms. The lowest BCUT2D eigenvalue weighted by molar-refractivity contribution is 0.408. The first-order valence-electron chi connectivity index (χ1n) is 2.98. The molecule has 0 saturated carbocycles. The van der Waals surface area contributed by atoms with E-state index in [1.807, 2.05) is 6.07 Å². The Morgan fingerprint density at radius 2 is 2.27 bits per heavy atom. The summed E-state index contributed by atoms with van der Waals surface area (Å²) in [6, 6.07) is 5.39. The Kier molecular flexibility index (Phi) is 1.62. The first-order chi connectivity index (χ1) is 5.27. The molecule has 0 saturated heterocycles. The van der Waals surface area contributed by atoms with Crippen molar-refractivity contribution >= 4 is 38.4 Å². The van der Waals surface area contributed by atoms with Gasteiger partial charge in [0.15, 0.2) is 0 Å². The maximum atomic E-state index is 5.76. The summed E-state index contributed by atoms with van der Waals surface area (Å²) >= 11 is 8.97. The van der Waals surface area contributed by atoms with Crippen LogP contribution < -0.4 is 0 Å². The lowest BCUT2D eigenvalue weighted by atomic mass is 10.3. The van der Waals surface area contributed by atoms with Crippen molar-refractivity contribution in [3.05, 3.63) is 27.9 Å². The van der Waals surface area contributed by atoms with Gasteiger partial charge in [-0.25, -0.2) is 0 Å². The molecule has 0 amide bonds. The van der Waals surface area contributed by atoms with Crippen LogP contribution in [-0.4, -0.2) is 5.16 Å². The molecule has 1 aromatic carbocycles. The van der Waals surface area contributed by atoms with Crippen LogP contribution in [0.3, 0.4) is 0 Å². The van der Waals surface area contributed by atoms with Gasteiger partial charge in [0, 0.05) is 5.02 Å². The van der Waals surface area contributed by atoms with Crippen LogP contribution in [0, 0.1) is 0 Å². The van der Waals surface area contributed by atoms with Crippen LogP contribution in [0.2, 0.25) is 5.02 Å². The van der Waals surface area contributed by atoms with E-state index in [1.165, 1.54) is 0 Å². The van der Waals surface area contributed by atoms with Gasteiger partial charge in [-0.3, -0.25) is 0 Å². The molecule has 0 aliphatic carbocycles. The second-order valence-corrected chi connectivity index (χ2v) is 3.27.